The highest BCUT2D eigenvalue weighted by Gasteiger charge is 2.21. The molecule has 16 aromatic rings. The number of benzene rings is 13. The molecule has 0 spiro atoms. The van der Waals surface area contributed by atoms with Crippen LogP contribution in [0.25, 0.3) is 149 Å². The molecule has 0 aliphatic carbocycles. The lowest BCUT2D eigenvalue weighted by atomic mass is 9.86. The van der Waals surface area contributed by atoms with E-state index >= 15 is 0 Å². The quantitative estimate of drug-likeness (QED) is 0.128. The van der Waals surface area contributed by atoms with Gasteiger partial charge in [-0.1, -0.05) is 202 Å². The van der Waals surface area contributed by atoms with Crippen LogP contribution in [0.15, 0.2) is 273 Å². The summed E-state index contributed by atoms with van der Waals surface area (Å²) in [6.45, 7) is 4.49. The highest BCUT2D eigenvalue weighted by Crippen LogP contribution is 2.46. The fourth-order valence-electron chi connectivity index (χ4n) is 13.7. The molecular formula is C78H55N3. The van der Waals surface area contributed by atoms with Crippen molar-refractivity contribution in [2.24, 2.45) is 0 Å². The number of para-hydroxylation sites is 4. The molecule has 0 fully saturated rings. The van der Waals surface area contributed by atoms with E-state index in [1.807, 2.05) is 0 Å². The fourth-order valence-corrected chi connectivity index (χ4v) is 13.7. The molecular weight excluding hydrogens is 979 g/mol. The molecule has 0 bridgehead atoms. The number of hydrogen-bond acceptors (Lipinski definition) is 0. The van der Waals surface area contributed by atoms with Crippen molar-refractivity contribution in [3.8, 4) is 61.6 Å². The lowest BCUT2D eigenvalue weighted by Gasteiger charge is -2.18. The third-order valence-electron chi connectivity index (χ3n) is 17.4. The molecule has 0 saturated carbocycles. The normalized spacial score (nSPS) is 11.9. The van der Waals surface area contributed by atoms with Gasteiger partial charge >= 0.3 is 0 Å². The van der Waals surface area contributed by atoms with Gasteiger partial charge in [0, 0.05) is 49.4 Å². The summed E-state index contributed by atoms with van der Waals surface area (Å²) in [4.78, 5) is 0. The van der Waals surface area contributed by atoms with Crippen molar-refractivity contribution >= 4 is 87.0 Å². The molecule has 0 amide bonds. The predicted octanol–water partition coefficient (Wildman–Crippen LogP) is 21.1. The molecule has 0 aliphatic rings. The number of aryl methyl sites for hydroxylation is 2. The molecule has 382 valence electrons. The third kappa shape index (κ3) is 7.28. The zero-order valence-electron chi connectivity index (χ0n) is 45.2. The Morgan fingerprint density at radius 3 is 0.926 bits per heavy atom. The number of aromatic nitrogens is 3. The molecule has 16 rings (SSSR count). The fraction of sp³-hybridized carbons (Fsp3) is 0.0513. The summed E-state index contributed by atoms with van der Waals surface area (Å²) in [7, 11) is 0. The van der Waals surface area contributed by atoms with E-state index in [2.05, 4.69) is 301 Å². The van der Waals surface area contributed by atoms with Crippen LogP contribution < -0.4 is 0 Å². The van der Waals surface area contributed by atoms with Crippen LogP contribution in [0.4, 0.5) is 0 Å². The maximum Gasteiger partial charge on any atom is 0.0541 e. The molecule has 13 aromatic carbocycles. The Kier molecular flexibility index (Phi) is 10.8. The number of rotatable bonds is 9. The SMILES string of the molecule is CCc1ccccc1-n1c2ccccc2c2cc(-c3ccc4c(c3)c3cc(-c5ccc6c(c5)c5ccccc5n6-c5ccccc5CC)ccc3n4-c3ccc(-c4c5ccccc5c(-c5ccccc5)c5ccccc45)cc3)ccc21. The molecule has 0 aliphatic heterocycles. The van der Waals surface area contributed by atoms with Crippen LogP contribution in [0.5, 0.6) is 0 Å². The Morgan fingerprint density at radius 1 is 0.222 bits per heavy atom. The van der Waals surface area contributed by atoms with E-state index in [-0.39, 0.29) is 0 Å². The molecule has 81 heavy (non-hydrogen) atoms. The first kappa shape index (κ1) is 46.8. The molecule has 3 heteroatoms. The van der Waals surface area contributed by atoms with E-state index in [1.165, 1.54) is 154 Å². The smallest absolute Gasteiger partial charge is 0.0541 e. The largest absolute Gasteiger partial charge is 0.309 e. The average molecular weight is 1030 g/mol. The summed E-state index contributed by atoms with van der Waals surface area (Å²) in [5.41, 5.74) is 23.2. The Bertz CT molecular complexity index is 4900. The summed E-state index contributed by atoms with van der Waals surface area (Å²) in [6.07, 6.45) is 1.93. The van der Waals surface area contributed by atoms with Gasteiger partial charge in [0.05, 0.1) is 33.1 Å². The van der Waals surface area contributed by atoms with Gasteiger partial charge in [0.15, 0.2) is 0 Å². The van der Waals surface area contributed by atoms with Crippen molar-refractivity contribution in [2.45, 2.75) is 26.7 Å². The van der Waals surface area contributed by atoms with E-state index < -0.39 is 0 Å². The van der Waals surface area contributed by atoms with E-state index in [0.29, 0.717) is 0 Å². The maximum absolute atomic E-state index is 2.47. The van der Waals surface area contributed by atoms with E-state index in [1.54, 1.807) is 0 Å². The van der Waals surface area contributed by atoms with Gasteiger partial charge in [-0.15, -0.1) is 0 Å². The second-order valence-electron chi connectivity index (χ2n) is 21.7. The standard InChI is InChI=1S/C78H55N3/c1-3-50-20-8-16-30-69(50)80-71-32-18-14-24-59(71)65-46-54(38-44-75(65)80)56-36-42-73-67(48-56)68-49-57(55-39-45-76-66(47-55)60-25-15-19-33-72(60)81(76)70-31-17-9-21-51(70)4-2)37-43-74(68)79(73)58-40-34-53(35-41-58)78-63-28-12-10-26-61(63)77(52-22-6-5-7-23-52)62-27-11-13-29-64(62)78/h5-49H,3-4H2,1-2H3. The van der Waals surface area contributed by atoms with Gasteiger partial charge in [0.2, 0.25) is 0 Å². The zero-order valence-corrected chi connectivity index (χ0v) is 45.2. The van der Waals surface area contributed by atoms with Crippen LogP contribution in [0.3, 0.4) is 0 Å². The van der Waals surface area contributed by atoms with Crippen LogP contribution >= 0.6 is 0 Å². The van der Waals surface area contributed by atoms with Gasteiger partial charge in [-0.2, -0.15) is 0 Å². The first-order valence-corrected chi connectivity index (χ1v) is 28.5. The maximum atomic E-state index is 2.47. The van der Waals surface area contributed by atoms with Gasteiger partial charge in [0.1, 0.15) is 0 Å². The van der Waals surface area contributed by atoms with Crippen molar-refractivity contribution in [1.82, 2.24) is 13.7 Å². The second kappa shape index (κ2) is 18.7. The molecule has 0 saturated heterocycles. The summed E-state index contributed by atoms with van der Waals surface area (Å²) >= 11 is 0. The Balaban J connectivity index is 0.882. The monoisotopic (exact) mass is 1030 g/mol. The van der Waals surface area contributed by atoms with Gasteiger partial charge in [-0.3, -0.25) is 0 Å². The first-order valence-electron chi connectivity index (χ1n) is 28.5. The van der Waals surface area contributed by atoms with Crippen LogP contribution in [-0.2, 0) is 12.8 Å². The minimum Gasteiger partial charge on any atom is -0.309 e. The van der Waals surface area contributed by atoms with Gasteiger partial charge in [-0.05, 0) is 175 Å². The minimum atomic E-state index is 0.964. The Hall–Kier alpha value is -10.2. The number of nitrogens with zero attached hydrogens (tertiary/aromatic N) is 3. The molecule has 3 nitrogen and oxygen atoms in total. The summed E-state index contributed by atoms with van der Waals surface area (Å²) < 4.78 is 7.39. The van der Waals surface area contributed by atoms with Crippen molar-refractivity contribution in [3.05, 3.63) is 284 Å². The summed E-state index contributed by atoms with van der Waals surface area (Å²) in [5.74, 6) is 0. The average Bonchev–Trinajstić information content (AvgIpc) is 4.22. The van der Waals surface area contributed by atoms with E-state index in [0.717, 1.165) is 18.5 Å². The van der Waals surface area contributed by atoms with Crippen LogP contribution in [-0.4, -0.2) is 13.7 Å². The lowest BCUT2D eigenvalue weighted by Crippen LogP contribution is -1.98. The predicted molar refractivity (Wildman–Crippen MR) is 345 cm³/mol. The topological polar surface area (TPSA) is 14.8 Å². The molecule has 0 atom stereocenters. The highest BCUT2D eigenvalue weighted by atomic mass is 15.0. The summed E-state index contributed by atoms with van der Waals surface area (Å²) in [5, 5.41) is 12.5. The van der Waals surface area contributed by atoms with Crippen molar-refractivity contribution in [2.75, 3.05) is 0 Å². The van der Waals surface area contributed by atoms with Gasteiger partial charge in [-0.25, -0.2) is 0 Å². The van der Waals surface area contributed by atoms with Crippen molar-refractivity contribution in [3.63, 3.8) is 0 Å². The number of fused-ring (bicyclic) bond motifs is 11. The van der Waals surface area contributed by atoms with Gasteiger partial charge < -0.3 is 13.7 Å². The first-order chi connectivity index (χ1) is 40.1. The second-order valence-corrected chi connectivity index (χ2v) is 21.7. The highest BCUT2D eigenvalue weighted by molar-refractivity contribution is 6.22. The van der Waals surface area contributed by atoms with E-state index in [4.69, 9.17) is 0 Å². The van der Waals surface area contributed by atoms with Crippen LogP contribution in [0.1, 0.15) is 25.0 Å². The lowest BCUT2D eigenvalue weighted by molar-refractivity contribution is 1.07. The molecule has 3 heterocycles. The summed E-state index contributed by atoms with van der Waals surface area (Å²) in [6, 6.07) is 102. The molecule has 0 unspecified atom stereocenters. The number of hydrogen-bond donors (Lipinski definition) is 0. The Morgan fingerprint density at radius 2 is 0.519 bits per heavy atom. The molecule has 0 N–H and O–H groups in total. The Labute approximate surface area is 470 Å². The van der Waals surface area contributed by atoms with Crippen LogP contribution in [0, 0.1) is 0 Å². The zero-order chi connectivity index (χ0) is 53.7. The van der Waals surface area contributed by atoms with Crippen molar-refractivity contribution < 1.29 is 0 Å². The molecule has 3 aromatic heterocycles. The van der Waals surface area contributed by atoms with E-state index in [9.17, 15) is 0 Å². The minimum absolute atomic E-state index is 0.964. The third-order valence-corrected chi connectivity index (χ3v) is 17.4. The van der Waals surface area contributed by atoms with Crippen molar-refractivity contribution in [1.29, 1.82) is 0 Å². The van der Waals surface area contributed by atoms with Gasteiger partial charge in [0.25, 0.3) is 0 Å². The molecule has 0 radical (unpaired) electrons. The van der Waals surface area contributed by atoms with Crippen LogP contribution in [0.2, 0.25) is 0 Å².